The molecule has 0 aliphatic carbocycles. The van der Waals surface area contributed by atoms with Gasteiger partial charge >= 0.3 is 0 Å². The van der Waals surface area contributed by atoms with Crippen molar-refractivity contribution in [1.82, 2.24) is 15.2 Å². The van der Waals surface area contributed by atoms with Crippen molar-refractivity contribution in [3.05, 3.63) is 24.0 Å². The quantitative estimate of drug-likeness (QED) is 0.830. The summed E-state index contributed by atoms with van der Waals surface area (Å²) in [6.45, 7) is 5.61. The van der Waals surface area contributed by atoms with Crippen molar-refractivity contribution in [1.29, 1.82) is 0 Å². The van der Waals surface area contributed by atoms with E-state index in [1.54, 1.807) is 18.5 Å². The molecule has 0 atom stereocenters. The van der Waals surface area contributed by atoms with Crippen LogP contribution in [0.5, 0.6) is 5.75 Å². The van der Waals surface area contributed by atoms with Crippen molar-refractivity contribution >= 4 is 5.91 Å². The largest absolute Gasteiger partial charge is 0.491 e. The lowest BCUT2D eigenvalue weighted by molar-refractivity contribution is 0.0731. The predicted octanol–water partition coefficient (Wildman–Crippen LogP) is 0.526. The van der Waals surface area contributed by atoms with Crippen LogP contribution in [-0.2, 0) is 0 Å². The fourth-order valence-electron chi connectivity index (χ4n) is 1.87. The zero-order valence-corrected chi connectivity index (χ0v) is 9.98. The van der Waals surface area contributed by atoms with E-state index in [0.29, 0.717) is 17.9 Å². The molecule has 1 aliphatic rings. The second-order valence-corrected chi connectivity index (χ2v) is 3.85. The maximum atomic E-state index is 12.3. The van der Waals surface area contributed by atoms with Crippen LogP contribution < -0.4 is 10.1 Å². The van der Waals surface area contributed by atoms with E-state index in [-0.39, 0.29) is 5.91 Å². The van der Waals surface area contributed by atoms with Crippen LogP contribution in [0.2, 0.25) is 0 Å². The summed E-state index contributed by atoms with van der Waals surface area (Å²) in [4.78, 5) is 18.1. The lowest BCUT2D eigenvalue weighted by atomic mass is 10.2. The van der Waals surface area contributed by atoms with Gasteiger partial charge in [0.1, 0.15) is 5.75 Å². The second-order valence-electron chi connectivity index (χ2n) is 3.85. The second kappa shape index (κ2) is 5.63. The summed E-state index contributed by atoms with van der Waals surface area (Å²) in [5.74, 6) is 0.593. The maximum absolute atomic E-state index is 12.3. The molecular weight excluding hydrogens is 218 g/mol. The zero-order chi connectivity index (χ0) is 12.1. The van der Waals surface area contributed by atoms with Crippen molar-refractivity contribution in [2.75, 3.05) is 32.8 Å². The minimum Gasteiger partial charge on any atom is -0.491 e. The van der Waals surface area contributed by atoms with Gasteiger partial charge in [-0.3, -0.25) is 9.78 Å². The molecule has 1 amide bonds. The van der Waals surface area contributed by atoms with E-state index in [4.69, 9.17) is 4.74 Å². The fourth-order valence-corrected chi connectivity index (χ4v) is 1.87. The zero-order valence-electron chi connectivity index (χ0n) is 9.98. The molecule has 1 aliphatic heterocycles. The van der Waals surface area contributed by atoms with Gasteiger partial charge in [-0.05, 0) is 13.0 Å². The molecule has 2 heterocycles. The predicted molar refractivity (Wildman–Crippen MR) is 64.2 cm³/mol. The number of ether oxygens (including phenoxy) is 1. The number of rotatable bonds is 3. The van der Waals surface area contributed by atoms with Crippen molar-refractivity contribution < 1.29 is 9.53 Å². The Kier molecular flexibility index (Phi) is 3.93. The van der Waals surface area contributed by atoms with Gasteiger partial charge in [-0.1, -0.05) is 0 Å². The van der Waals surface area contributed by atoms with E-state index in [0.717, 1.165) is 26.2 Å². The minimum absolute atomic E-state index is 0.0253. The van der Waals surface area contributed by atoms with Crippen molar-refractivity contribution in [3.63, 3.8) is 0 Å². The Balaban J connectivity index is 2.17. The van der Waals surface area contributed by atoms with Crippen LogP contribution >= 0.6 is 0 Å². The minimum atomic E-state index is 0.0253. The van der Waals surface area contributed by atoms with E-state index in [9.17, 15) is 4.79 Å². The molecular formula is C12H17N3O2. The number of carbonyl (C=O) groups is 1. The van der Waals surface area contributed by atoms with Crippen molar-refractivity contribution in [2.24, 2.45) is 0 Å². The van der Waals surface area contributed by atoms with E-state index < -0.39 is 0 Å². The van der Waals surface area contributed by atoms with Crippen LogP contribution in [0.1, 0.15) is 17.3 Å². The molecule has 0 spiro atoms. The van der Waals surface area contributed by atoms with Crippen molar-refractivity contribution in [3.8, 4) is 5.75 Å². The molecule has 5 nitrogen and oxygen atoms in total. The van der Waals surface area contributed by atoms with E-state index in [1.165, 1.54) is 0 Å². The number of nitrogens with zero attached hydrogens (tertiary/aromatic N) is 2. The Morgan fingerprint density at radius 1 is 1.53 bits per heavy atom. The molecule has 0 radical (unpaired) electrons. The van der Waals surface area contributed by atoms with Crippen LogP contribution in [0.3, 0.4) is 0 Å². The number of piperazine rings is 1. The third-order valence-corrected chi connectivity index (χ3v) is 2.72. The number of hydrogen-bond donors (Lipinski definition) is 1. The Bertz CT molecular complexity index is 389. The molecule has 1 aromatic heterocycles. The molecule has 2 rings (SSSR count). The monoisotopic (exact) mass is 235 g/mol. The maximum Gasteiger partial charge on any atom is 0.257 e. The van der Waals surface area contributed by atoms with Gasteiger partial charge in [0.15, 0.2) is 0 Å². The number of amides is 1. The smallest absolute Gasteiger partial charge is 0.257 e. The summed E-state index contributed by atoms with van der Waals surface area (Å²) in [7, 11) is 0. The Morgan fingerprint density at radius 3 is 3.00 bits per heavy atom. The van der Waals surface area contributed by atoms with Crippen LogP contribution in [-0.4, -0.2) is 48.6 Å². The highest BCUT2D eigenvalue weighted by molar-refractivity contribution is 5.96. The van der Waals surface area contributed by atoms with Gasteiger partial charge in [0, 0.05) is 32.4 Å². The highest BCUT2D eigenvalue weighted by Crippen LogP contribution is 2.18. The lowest BCUT2D eigenvalue weighted by Gasteiger charge is -2.27. The normalized spacial score (nSPS) is 15.7. The van der Waals surface area contributed by atoms with Crippen LogP contribution in [0, 0.1) is 0 Å². The summed E-state index contributed by atoms with van der Waals surface area (Å²) in [5.41, 5.74) is 0.601. The Hall–Kier alpha value is -1.62. The Morgan fingerprint density at radius 2 is 2.29 bits per heavy atom. The van der Waals surface area contributed by atoms with Gasteiger partial charge in [-0.15, -0.1) is 0 Å². The molecule has 1 saturated heterocycles. The standard InChI is InChI=1S/C12H17N3O2/c1-2-17-11-9-14-4-3-10(11)12(16)15-7-5-13-6-8-15/h3-4,9,13H,2,5-8H2,1H3. The average molecular weight is 235 g/mol. The molecule has 1 N–H and O–H groups in total. The van der Waals surface area contributed by atoms with Gasteiger partial charge in [0.25, 0.3) is 5.91 Å². The first-order valence-electron chi connectivity index (χ1n) is 5.89. The molecule has 1 fully saturated rings. The topological polar surface area (TPSA) is 54.5 Å². The molecule has 17 heavy (non-hydrogen) atoms. The first-order valence-corrected chi connectivity index (χ1v) is 5.89. The number of carbonyl (C=O) groups excluding carboxylic acids is 1. The average Bonchev–Trinajstić information content (AvgIpc) is 2.40. The molecule has 0 bridgehead atoms. The highest BCUT2D eigenvalue weighted by atomic mass is 16.5. The van der Waals surface area contributed by atoms with Gasteiger partial charge in [-0.25, -0.2) is 0 Å². The summed E-state index contributed by atoms with van der Waals surface area (Å²) < 4.78 is 5.42. The molecule has 92 valence electrons. The first-order chi connectivity index (χ1) is 8.33. The summed E-state index contributed by atoms with van der Waals surface area (Å²) >= 11 is 0. The fraction of sp³-hybridized carbons (Fsp3) is 0.500. The number of nitrogens with one attached hydrogen (secondary N) is 1. The summed E-state index contributed by atoms with van der Waals surface area (Å²) in [5, 5.41) is 3.22. The van der Waals surface area contributed by atoms with E-state index >= 15 is 0 Å². The van der Waals surface area contributed by atoms with Crippen LogP contribution in [0.15, 0.2) is 18.5 Å². The lowest BCUT2D eigenvalue weighted by Crippen LogP contribution is -2.46. The van der Waals surface area contributed by atoms with Gasteiger partial charge in [-0.2, -0.15) is 0 Å². The summed E-state index contributed by atoms with van der Waals surface area (Å²) in [6, 6.07) is 1.72. The third-order valence-electron chi connectivity index (χ3n) is 2.72. The van der Waals surface area contributed by atoms with Gasteiger partial charge in [0.2, 0.25) is 0 Å². The van der Waals surface area contributed by atoms with E-state index in [1.807, 2.05) is 11.8 Å². The SMILES string of the molecule is CCOc1cnccc1C(=O)N1CCNCC1. The molecule has 1 aromatic rings. The summed E-state index contributed by atoms with van der Waals surface area (Å²) in [6.07, 6.45) is 3.22. The number of aromatic nitrogens is 1. The first kappa shape index (κ1) is 11.9. The van der Waals surface area contributed by atoms with Crippen molar-refractivity contribution in [2.45, 2.75) is 6.92 Å². The number of hydrogen-bond acceptors (Lipinski definition) is 4. The van der Waals surface area contributed by atoms with Gasteiger partial charge in [0.05, 0.1) is 18.4 Å². The molecule has 0 unspecified atom stereocenters. The number of pyridine rings is 1. The third kappa shape index (κ3) is 2.74. The van der Waals surface area contributed by atoms with Gasteiger partial charge < -0.3 is 15.0 Å². The highest BCUT2D eigenvalue weighted by Gasteiger charge is 2.20. The molecule has 0 saturated carbocycles. The Labute approximate surface area is 101 Å². The van der Waals surface area contributed by atoms with E-state index in [2.05, 4.69) is 10.3 Å². The molecule has 5 heteroatoms. The van der Waals surface area contributed by atoms with Crippen LogP contribution in [0.25, 0.3) is 0 Å². The van der Waals surface area contributed by atoms with Crippen LogP contribution in [0.4, 0.5) is 0 Å². The molecule has 0 aromatic carbocycles.